The van der Waals surface area contributed by atoms with Crippen LogP contribution in [-0.2, 0) is 10.0 Å². The van der Waals surface area contributed by atoms with Crippen LogP contribution in [0.25, 0.3) is 0 Å². The Morgan fingerprint density at radius 1 is 1.38 bits per heavy atom. The molecule has 0 spiro atoms. The third-order valence-corrected chi connectivity index (χ3v) is 4.89. The molecule has 0 fully saturated rings. The third kappa shape index (κ3) is 4.94. The fourth-order valence-electron chi connectivity index (χ4n) is 1.87. The second kappa shape index (κ2) is 7.20. The highest BCUT2D eigenvalue weighted by Crippen LogP contribution is 2.30. The van der Waals surface area contributed by atoms with Gasteiger partial charge in [-0.25, -0.2) is 13.1 Å². The van der Waals surface area contributed by atoms with Crippen LogP contribution in [-0.4, -0.2) is 19.9 Å². The van der Waals surface area contributed by atoms with E-state index < -0.39 is 20.6 Å². The Morgan fingerprint density at radius 2 is 2.00 bits per heavy atom. The molecule has 0 radical (unpaired) electrons. The molecule has 0 unspecified atom stereocenters. The van der Waals surface area contributed by atoms with Gasteiger partial charge in [-0.1, -0.05) is 25.4 Å². The van der Waals surface area contributed by atoms with Gasteiger partial charge in [0.15, 0.2) is 0 Å². The van der Waals surface area contributed by atoms with Crippen LogP contribution in [0.4, 0.5) is 5.69 Å². The number of sulfonamides is 1. The minimum Gasteiger partial charge on any atom is -0.258 e. The molecule has 1 aromatic rings. The summed E-state index contributed by atoms with van der Waals surface area (Å²) in [6, 6.07) is 2.30. The van der Waals surface area contributed by atoms with Gasteiger partial charge in [-0.15, -0.1) is 0 Å². The smallest absolute Gasteiger partial charge is 0.258 e. The monoisotopic (exact) mass is 334 g/mol. The van der Waals surface area contributed by atoms with Gasteiger partial charge in [0, 0.05) is 12.6 Å². The Bertz CT molecular complexity index is 629. The number of halogens is 1. The van der Waals surface area contributed by atoms with Gasteiger partial charge in [0.1, 0.15) is 5.02 Å². The van der Waals surface area contributed by atoms with Crippen molar-refractivity contribution in [3.63, 3.8) is 0 Å². The predicted octanol–water partition coefficient (Wildman–Crippen LogP) is 3.27. The van der Waals surface area contributed by atoms with E-state index >= 15 is 0 Å². The van der Waals surface area contributed by atoms with Gasteiger partial charge in [-0.05, 0) is 37.3 Å². The van der Waals surface area contributed by atoms with Crippen LogP contribution in [0, 0.1) is 23.0 Å². The number of nitrogens with zero attached hydrogens (tertiary/aromatic N) is 1. The Hall–Kier alpha value is -1.18. The lowest BCUT2D eigenvalue weighted by molar-refractivity contribution is -0.384. The van der Waals surface area contributed by atoms with E-state index in [1.807, 2.05) is 0 Å². The van der Waals surface area contributed by atoms with Crippen LogP contribution in [0.1, 0.15) is 32.3 Å². The summed E-state index contributed by atoms with van der Waals surface area (Å²) < 4.78 is 26.9. The fraction of sp³-hybridized carbons (Fsp3) is 0.538. The lowest BCUT2D eigenvalue weighted by Gasteiger charge is -2.10. The van der Waals surface area contributed by atoms with E-state index in [2.05, 4.69) is 18.6 Å². The van der Waals surface area contributed by atoms with Crippen LogP contribution in [0.5, 0.6) is 0 Å². The molecule has 1 aromatic carbocycles. The van der Waals surface area contributed by atoms with Gasteiger partial charge in [-0.3, -0.25) is 10.1 Å². The number of nitro benzene ring substituents is 1. The van der Waals surface area contributed by atoms with Gasteiger partial charge < -0.3 is 0 Å². The summed E-state index contributed by atoms with van der Waals surface area (Å²) in [5.41, 5.74) is -0.0354. The topological polar surface area (TPSA) is 89.3 Å². The number of hydrogen-bond acceptors (Lipinski definition) is 4. The zero-order valence-electron chi connectivity index (χ0n) is 12.2. The number of rotatable bonds is 7. The molecule has 0 aliphatic heterocycles. The predicted molar refractivity (Wildman–Crippen MR) is 82.1 cm³/mol. The molecule has 0 heterocycles. The molecule has 0 saturated heterocycles. The van der Waals surface area contributed by atoms with Gasteiger partial charge in [-0.2, -0.15) is 0 Å². The van der Waals surface area contributed by atoms with Crippen LogP contribution >= 0.6 is 11.6 Å². The normalized spacial score (nSPS) is 11.9. The van der Waals surface area contributed by atoms with Crippen LogP contribution in [0.3, 0.4) is 0 Å². The maximum Gasteiger partial charge on any atom is 0.289 e. The summed E-state index contributed by atoms with van der Waals surface area (Å²) >= 11 is 5.75. The van der Waals surface area contributed by atoms with Gasteiger partial charge in [0.2, 0.25) is 10.0 Å². The molecule has 0 saturated carbocycles. The quantitative estimate of drug-likeness (QED) is 0.470. The minimum absolute atomic E-state index is 0.0729. The second-order valence-electron chi connectivity index (χ2n) is 5.26. The van der Waals surface area contributed by atoms with Crippen molar-refractivity contribution in [1.82, 2.24) is 4.72 Å². The second-order valence-corrected chi connectivity index (χ2v) is 7.40. The average Bonchev–Trinajstić information content (AvgIpc) is 2.33. The number of hydrogen-bond donors (Lipinski definition) is 1. The van der Waals surface area contributed by atoms with Crippen molar-refractivity contribution < 1.29 is 13.3 Å². The minimum atomic E-state index is -3.77. The van der Waals surface area contributed by atoms with E-state index in [1.54, 1.807) is 6.92 Å². The van der Waals surface area contributed by atoms with Crippen molar-refractivity contribution in [2.45, 2.75) is 38.5 Å². The first-order valence-corrected chi connectivity index (χ1v) is 8.45. The van der Waals surface area contributed by atoms with Crippen molar-refractivity contribution in [2.24, 2.45) is 5.92 Å². The molecule has 118 valence electrons. The SMILES string of the molecule is Cc1cc(Cl)c([N+](=O)[O-])cc1S(=O)(=O)NCCCC(C)C. The molecule has 21 heavy (non-hydrogen) atoms. The lowest BCUT2D eigenvalue weighted by atomic mass is 10.1. The largest absolute Gasteiger partial charge is 0.289 e. The highest BCUT2D eigenvalue weighted by atomic mass is 35.5. The zero-order chi connectivity index (χ0) is 16.2. The Morgan fingerprint density at radius 3 is 2.52 bits per heavy atom. The molecule has 0 atom stereocenters. The van der Waals surface area contributed by atoms with E-state index in [-0.39, 0.29) is 9.92 Å². The Labute approximate surface area is 129 Å². The summed E-state index contributed by atoms with van der Waals surface area (Å²) in [6.07, 6.45) is 1.62. The summed E-state index contributed by atoms with van der Waals surface area (Å²) in [6.45, 7) is 5.97. The molecule has 1 N–H and O–H groups in total. The standard InChI is InChI=1S/C13H19ClN2O4S/c1-9(2)5-4-6-15-21(19,20)13-8-12(16(17)18)11(14)7-10(13)3/h7-9,15H,4-6H2,1-3H3. The van der Waals surface area contributed by atoms with E-state index in [0.29, 0.717) is 24.4 Å². The number of aryl methyl sites for hydroxylation is 1. The van der Waals surface area contributed by atoms with Crippen molar-refractivity contribution in [1.29, 1.82) is 0 Å². The van der Waals surface area contributed by atoms with Gasteiger partial charge in [0.25, 0.3) is 5.69 Å². The fourth-order valence-corrected chi connectivity index (χ4v) is 3.47. The van der Waals surface area contributed by atoms with Crippen molar-refractivity contribution in [3.05, 3.63) is 32.8 Å². The van der Waals surface area contributed by atoms with E-state index in [4.69, 9.17) is 11.6 Å². The molecule has 8 heteroatoms. The molecular formula is C13H19ClN2O4S. The number of benzene rings is 1. The van der Waals surface area contributed by atoms with Crippen LogP contribution in [0.15, 0.2) is 17.0 Å². The lowest BCUT2D eigenvalue weighted by Crippen LogP contribution is -2.25. The van der Waals surface area contributed by atoms with Gasteiger partial charge in [0.05, 0.1) is 9.82 Å². The maximum atomic E-state index is 12.2. The summed E-state index contributed by atoms with van der Waals surface area (Å²) in [4.78, 5) is 10.1. The Kier molecular flexibility index (Phi) is 6.12. The molecule has 6 nitrogen and oxygen atoms in total. The average molecular weight is 335 g/mol. The van der Waals surface area contributed by atoms with E-state index in [0.717, 1.165) is 12.5 Å². The Balaban J connectivity index is 2.97. The van der Waals surface area contributed by atoms with Crippen molar-refractivity contribution in [3.8, 4) is 0 Å². The molecule has 0 amide bonds. The zero-order valence-corrected chi connectivity index (χ0v) is 13.8. The molecule has 0 aliphatic rings. The van der Waals surface area contributed by atoms with Crippen molar-refractivity contribution in [2.75, 3.05) is 6.54 Å². The van der Waals surface area contributed by atoms with Gasteiger partial charge >= 0.3 is 0 Å². The van der Waals surface area contributed by atoms with Crippen LogP contribution in [0.2, 0.25) is 5.02 Å². The molecular weight excluding hydrogens is 316 g/mol. The van der Waals surface area contributed by atoms with E-state index in [1.165, 1.54) is 6.07 Å². The van der Waals surface area contributed by atoms with Crippen LogP contribution < -0.4 is 4.72 Å². The maximum absolute atomic E-state index is 12.2. The van der Waals surface area contributed by atoms with Crippen molar-refractivity contribution >= 4 is 27.3 Å². The summed E-state index contributed by atoms with van der Waals surface area (Å²) in [7, 11) is -3.77. The molecule has 0 aromatic heterocycles. The third-order valence-electron chi connectivity index (χ3n) is 2.98. The van der Waals surface area contributed by atoms with E-state index in [9.17, 15) is 18.5 Å². The highest BCUT2D eigenvalue weighted by Gasteiger charge is 2.23. The first kappa shape index (κ1) is 17.9. The molecule has 1 rings (SSSR count). The first-order chi connectivity index (χ1) is 9.65. The molecule has 0 aliphatic carbocycles. The summed E-state index contributed by atoms with van der Waals surface area (Å²) in [5.74, 6) is 0.493. The summed E-state index contributed by atoms with van der Waals surface area (Å²) in [5, 5.41) is 10.8. The first-order valence-electron chi connectivity index (χ1n) is 6.59. The molecule has 0 bridgehead atoms. The number of nitrogens with one attached hydrogen (secondary N) is 1. The number of nitro groups is 1. The highest BCUT2D eigenvalue weighted by molar-refractivity contribution is 7.89.